The van der Waals surface area contributed by atoms with Crippen LogP contribution in [-0.2, 0) is 30.2 Å². The van der Waals surface area contributed by atoms with Crippen LogP contribution in [0.4, 0.5) is 18.9 Å². The summed E-state index contributed by atoms with van der Waals surface area (Å²) in [6.45, 7) is 0. The Morgan fingerprint density at radius 1 is 0.795 bits per heavy atom. The average Bonchev–Trinajstić information content (AvgIpc) is 3.33. The number of amides is 2. The summed E-state index contributed by atoms with van der Waals surface area (Å²) in [5, 5.41) is 6.05. The van der Waals surface area contributed by atoms with Crippen molar-refractivity contribution in [3.63, 3.8) is 0 Å². The Hall–Kier alpha value is -4.39. The summed E-state index contributed by atoms with van der Waals surface area (Å²) in [6, 6.07) is 27.2. The predicted octanol–water partition coefficient (Wildman–Crippen LogP) is 6.84. The highest BCUT2D eigenvalue weighted by Crippen LogP contribution is 2.32. The summed E-state index contributed by atoms with van der Waals surface area (Å²) < 4.78 is 38.9. The monoisotopic (exact) mass is 528 g/mol. The molecule has 39 heavy (non-hydrogen) atoms. The average molecular weight is 529 g/mol. The molecule has 0 heterocycles. The molecule has 0 spiro atoms. The normalized spacial score (nSPS) is 14.5. The molecule has 5 rings (SSSR count). The van der Waals surface area contributed by atoms with Gasteiger partial charge < -0.3 is 10.6 Å². The summed E-state index contributed by atoms with van der Waals surface area (Å²) in [5.41, 5.74) is 4.64. The van der Waals surface area contributed by atoms with Crippen molar-refractivity contribution < 1.29 is 22.8 Å². The second-order valence-corrected chi connectivity index (χ2v) is 9.72. The Labute approximate surface area is 224 Å². The maximum atomic E-state index is 13.2. The Kier molecular flexibility index (Phi) is 7.50. The minimum atomic E-state index is -4.42. The molecule has 1 aliphatic rings. The SMILES string of the molecule is O=C(CCc1ccccc1)NC1Cc2ccc(NC(=O)c3ccccc3-c3ccc(C(F)(F)F)cc3)cc2C1. The summed E-state index contributed by atoms with van der Waals surface area (Å²) >= 11 is 0. The molecule has 198 valence electrons. The molecule has 1 unspecified atom stereocenters. The van der Waals surface area contributed by atoms with Gasteiger partial charge in [0.1, 0.15) is 0 Å². The van der Waals surface area contributed by atoms with Crippen LogP contribution in [0.5, 0.6) is 0 Å². The lowest BCUT2D eigenvalue weighted by atomic mass is 9.98. The van der Waals surface area contributed by atoms with Crippen molar-refractivity contribution in [2.45, 2.75) is 37.9 Å². The zero-order chi connectivity index (χ0) is 27.4. The van der Waals surface area contributed by atoms with Gasteiger partial charge in [-0.15, -0.1) is 0 Å². The quantitative estimate of drug-likeness (QED) is 0.276. The molecule has 1 atom stereocenters. The van der Waals surface area contributed by atoms with Crippen LogP contribution >= 0.6 is 0 Å². The highest BCUT2D eigenvalue weighted by Gasteiger charge is 2.30. The van der Waals surface area contributed by atoms with Crippen molar-refractivity contribution in [3.05, 3.63) is 125 Å². The molecule has 1 aliphatic carbocycles. The smallest absolute Gasteiger partial charge is 0.353 e. The van der Waals surface area contributed by atoms with Gasteiger partial charge in [0.05, 0.1) is 5.56 Å². The first kappa shape index (κ1) is 26.2. The highest BCUT2D eigenvalue weighted by molar-refractivity contribution is 6.08. The number of carbonyl (C=O) groups excluding carboxylic acids is 2. The fourth-order valence-electron chi connectivity index (χ4n) is 4.97. The van der Waals surface area contributed by atoms with Gasteiger partial charge in [-0.1, -0.05) is 66.7 Å². The van der Waals surface area contributed by atoms with Gasteiger partial charge >= 0.3 is 6.18 Å². The molecule has 0 aromatic heterocycles. The molecule has 0 saturated heterocycles. The first-order valence-electron chi connectivity index (χ1n) is 12.8. The van der Waals surface area contributed by atoms with Gasteiger partial charge in [-0.05, 0) is 77.4 Å². The largest absolute Gasteiger partial charge is 0.416 e. The van der Waals surface area contributed by atoms with Crippen molar-refractivity contribution >= 4 is 17.5 Å². The van der Waals surface area contributed by atoms with Crippen LogP contribution in [0.15, 0.2) is 97.1 Å². The van der Waals surface area contributed by atoms with E-state index in [4.69, 9.17) is 0 Å². The molecular weight excluding hydrogens is 501 g/mol. The van der Waals surface area contributed by atoms with E-state index in [1.165, 1.54) is 12.1 Å². The van der Waals surface area contributed by atoms with Crippen molar-refractivity contribution in [1.29, 1.82) is 0 Å². The Balaban J connectivity index is 1.22. The molecule has 2 N–H and O–H groups in total. The maximum Gasteiger partial charge on any atom is 0.416 e. The summed E-state index contributed by atoms with van der Waals surface area (Å²) in [5.74, 6) is -0.334. The van der Waals surface area contributed by atoms with Crippen molar-refractivity contribution in [2.75, 3.05) is 5.32 Å². The number of benzene rings is 4. The molecular formula is C32H27F3N2O2. The fraction of sp³-hybridized carbons (Fsp3) is 0.188. The Bertz CT molecular complexity index is 1480. The number of alkyl halides is 3. The van der Waals surface area contributed by atoms with E-state index in [0.29, 0.717) is 41.6 Å². The lowest BCUT2D eigenvalue weighted by Crippen LogP contribution is -2.35. The number of nitrogens with one attached hydrogen (secondary N) is 2. The van der Waals surface area contributed by atoms with Gasteiger partial charge in [0, 0.05) is 23.7 Å². The van der Waals surface area contributed by atoms with Crippen LogP contribution in [0, 0.1) is 0 Å². The van der Waals surface area contributed by atoms with Crippen LogP contribution < -0.4 is 10.6 Å². The maximum absolute atomic E-state index is 13.2. The van der Waals surface area contributed by atoms with E-state index in [2.05, 4.69) is 10.6 Å². The number of hydrogen-bond acceptors (Lipinski definition) is 2. The van der Waals surface area contributed by atoms with Crippen LogP contribution in [-0.4, -0.2) is 17.9 Å². The zero-order valence-corrected chi connectivity index (χ0v) is 21.1. The molecule has 0 aliphatic heterocycles. The molecule has 4 aromatic carbocycles. The van der Waals surface area contributed by atoms with Crippen molar-refractivity contribution in [2.24, 2.45) is 0 Å². The number of aryl methyl sites for hydroxylation is 1. The van der Waals surface area contributed by atoms with Crippen molar-refractivity contribution in [3.8, 4) is 11.1 Å². The minimum absolute atomic E-state index is 0.00891. The molecule has 2 amide bonds. The first-order valence-corrected chi connectivity index (χ1v) is 12.8. The number of fused-ring (bicyclic) bond motifs is 1. The standard InChI is InChI=1S/C32H27F3N2O2/c33-32(34,35)25-14-11-22(12-15-25)28-8-4-5-9-29(28)31(39)37-26-16-13-23-18-27(20-24(23)19-26)36-30(38)17-10-21-6-2-1-3-7-21/h1-9,11-16,19,27H,10,17-18,20H2,(H,36,38)(H,37,39). The van der Waals surface area contributed by atoms with Crippen LogP contribution in [0.2, 0.25) is 0 Å². The van der Waals surface area contributed by atoms with E-state index >= 15 is 0 Å². The highest BCUT2D eigenvalue weighted by atomic mass is 19.4. The molecule has 0 fully saturated rings. The molecule has 0 saturated carbocycles. The predicted molar refractivity (Wildman–Crippen MR) is 145 cm³/mol. The lowest BCUT2D eigenvalue weighted by Gasteiger charge is -2.13. The molecule has 7 heteroatoms. The summed E-state index contributed by atoms with van der Waals surface area (Å²) in [4.78, 5) is 25.7. The topological polar surface area (TPSA) is 58.2 Å². The van der Waals surface area contributed by atoms with E-state index in [0.717, 1.165) is 35.2 Å². The first-order chi connectivity index (χ1) is 18.8. The molecule has 4 nitrogen and oxygen atoms in total. The number of hydrogen-bond donors (Lipinski definition) is 2. The van der Waals surface area contributed by atoms with E-state index in [1.807, 2.05) is 48.5 Å². The van der Waals surface area contributed by atoms with Gasteiger partial charge in [-0.3, -0.25) is 9.59 Å². The number of anilines is 1. The van der Waals surface area contributed by atoms with Crippen molar-refractivity contribution in [1.82, 2.24) is 5.32 Å². The van der Waals surface area contributed by atoms with Crippen LogP contribution in [0.1, 0.15) is 39.0 Å². The second kappa shape index (κ2) is 11.2. The number of carbonyl (C=O) groups is 2. The summed E-state index contributed by atoms with van der Waals surface area (Å²) in [7, 11) is 0. The zero-order valence-electron chi connectivity index (χ0n) is 21.1. The van der Waals surface area contributed by atoms with Gasteiger partial charge in [0.2, 0.25) is 5.91 Å². The van der Waals surface area contributed by atoms with Gasteiger partial charge in [0.15, 0.2) is 0 Å². The van der Waals surface area contributed by atoms with E-state index < -0.39 is 11.7 Å². The molecule has 0 bridgehead atoms. The van der Waals surface area contributed by atoms with Gasteiger partial charge in [0.25, 0.3) is 5.91 Å². The van der Waals surface area contributed by atoms with E-state index in [-0.39, 0.29) is 17.9 Å². The van der Waals surface area contributed by atoms with Gasteiger partial charge in [-0.25, -0.2) is 0 Å². The molecule has 4 aromatic rings. The van der Waals surface area contributed by atoms with Crippen LogP contribution in [0.25, 0.3) is 11.1 Å². The fourth-order valence-corrected chi connectivity index (χ4v) is 4.97. The number of halogens is 3. The third kappa shape index (κ3) is 6.37. The van der Waals surface area contributed by atoms with Crippen LogP contribution in [0.3, 0.4) is 0 Å². The van der Waals surface area contributed by atoms with Gasteiger partial charge in [-0.2, -0.15) is 13.2 Å². The lowest BCUT2D eigenvalue weighted by molar-refractivity contribution is -0.137. The minimum Gasteiger partial charge on any atom is -0.353 e. The van der Waals surface area contributed by atoms with E-state index in [9.17, 15) is 22.8 Å². The summed E-state index contributed by atoms with van der Waals surface area (Å²) in [6.07, 6.45) is -1.89. The number of rotatable bonds is 7. The Morgan fingerprint density at radius 3 is 2.23 bits per heavy atom. The third-order valence-electron chi connectivity index (χ3n) is 6.94. The van der Waals surface area contributed by atoms with E-state index in [1.54, 1.807) is 24.3 Å². The second-order valence-electron chi connectivity index (χ2n) is 9.72. The molecule has 0 radical (unpaired) electrons. The Morgan fingerprint density at radius 2 is 1.49 bits per heavy atom. The third-order valence-corrected chi connectivity index (χ3v) is 6.94.